The van der Waals surface area contributed by atoms with Gasteiger partial charge in [0.1, 0.15) is 6.61 Å². The molecule has 0 radical (unpaired) electrons. The quantitative estimate of drug-likeness (QED) is 0.717. The van der Waals surface area contributed by atoms with Crippen molar-refractivity contribution in [2.75, 3.05) is 40.1 Å². The molecule has 8 nitrogen and oxygen atoms in total. The van der Waals surface area contributed by atoms with Gasteiger partial charge < -0.3 is 14.2 Å². The fraction of sp³-hybridized carbons (Fsp3) is 0.667. The molecule has 0 fully saturated rings. The maximum atomic E-state index is 11.7. The second-order valence-corrected chi connectivity index (χ2v) is 7.29. The molecule has 0 aliphatic carbocycles. The number of rotatable bonds is 5. The van der Waals surface area contributed by atoms with E-state index in [1.807, 2.05) is 4.57 Å². The van der Waals surface area contributed by atoms with E-state index in [1.54, 1.807) is 26.6 Å². The number of aromatic nitrogens is 2. The first-order valence-corrected chi connectivity index (χ1v) is 8.37. The molecule has 1 atom stereocenters. The van der Waals surface area contributed by atoms with Gasteiger partial charge in [0.2, 0.25) is 15.9 Å². The van der Waals surface area contributed by atoms with Crippen LogP contribution in [0, 0.1) is 0 Å². The van der Waals surface area contributed by atoms with Crippen LogP contribution in [0.3, 0.4) is 0 Å². The van der Waals surface area contributed by atoms with Gasteiger partial charge in [-0.25, -0.2) is 13.4 Å². The van der Waals surface area contributed by atoms with Crippen molar-refractivity contribution < 1.29 is 17.9 Å². The summed E-state index contributed by atoms with van der Waals surface area (Å²) in [6.45, 7) is 0.867. The lowest BCUT2D eigenvalue weighted by Crippen LogP contribution is -2.42. The van der Waals surface area contributed by atoms with Gasteiger partial charge in [-0.1, -0.05) is 0 Å². The molecule has 0 spiro atoms. The summed E-state index contributed by atoms with van der Waals surface area (Å²) < 4.78 is 32.2. The van der Waals surface area contributed by atoms with Gasteiger partial charge in [-0.3, -0.25) is 4.79 Å². The Hall–Kier alpha value is -1.45. The van der Waals surface area contributed by atoms with Crippen LogP contribution < -0.4 is 0 Å². The second kappa shape index (κ2) is 6.12. The van der Waals surface area contributed by atoms with Gasteiger partial charge in [0.05, 0.1) is 37.5 Å². The Bertz CT molecular complexity index is 611. The van der Waals surface area contributed by atoms with E-state index in [1.165, 1.54) is 15.5 Å². The van der Waals surface area contributed by atoms with Gasteiger partial charge in [-0.2, -0.15) is 4.31 Å². The highest BCUT2D eigenvalue weighted by Crippen LogP contribution is 2.22. The van der Waals surface area contributed by atoms with Crippen molar-refractivity contribution in [2.24, 2.45) is 0 Å². The Morgan fingerprint density at radius 1 is 1.52 bits per heavy atom. The van der Waals surface area contributed by atoms with E-state index in [4.69, 9.17) is 4.74 Å². The molecule has 1 aromatic rings. The summed E-state index contributed by atoms with van der Waals surface area (Å²) >= 11 is 0. The van der Waals surface area contributed by atoms with Gasteiger partial charge in [0.25, 0.3) is 0 Å². The van der Waals surface area contributed by atoms with Crippen LogP contribution in [0.1, 0.15) is 11.7 Å². The number of carbonyl (C=O) groups is 1. The highest BCUT2D eigenvalue weighted by atomic mass is 32.2. The minimum atomic E-state index is -3.27. The molecule has 1 aliphatic heterocycles. The summed E-state index contributed by atoms with van der Waals surface area (Å²) in [4.78, 5) is 17.0. The summed E-state index contributed by atoms with van der Waals surface area (Å²) in [5.74, 6) is -0.128. The van der Waals surface area contributed by atoms with Crippen LogP contribution in [-0.4, -0.2) is 73.2 Å². The molecule has 118 valence electrons. The molecule has 0 aromatic carbocycles. The minimum absolute atomic E-state index is 0.0214. The van der Waals surface area contributed by atoms with E-state index < -0.39 is 10.0 Å². The van der Waals surface area contributed by atoms with E-state index in [-0.39, 0.29) is 25.2 Å². The molecule has 0 unspecified atom stereocenters. The van der Waals surface area contributed by atoms with Crippen LogP contribution >= 0.6 is 0 Å². The molecule has 0 saturated carbocycles. The first-order valence-electron chi connectivity index (χ1n) is 6.52. The number of carbonyl (C=O) groups excluding carboxylic acids is 1. The van der Waals surface area contributed by atoms with Gasteiger partial charge in [-0.15, -0.1) is 0 Å². The highest BCUT2D eigenvalue weighted by molar-refractivity contribution is 7.88. The van der Waals surface area contributed by atoms with Crippen molar-refractivity contribution >= 4 is 15.9 Å². The zero-order chi connectivity index (χ0) is 15.6. The number of likely N-dealkylation sites (N-methyl/N-ethyl adjacent to an activating group) is 1. The zero-order valence-corrected chi connectivity index (χ0v) is 13.2. The molecule has 21 heavy (non-hydrogen) atoms. The molecular weight excluding hydrogens is 296 g/mol. The monoisotopic (exact) mass is 316 g/mol. The number of fused-ring (bicyclic) bond motifs is 1. The average molecular weight is 316 g/mol. The number of nitrogens with zero attached hydrogens (tertiary/aromatic N) is 4. The van der Waals surface area contributed by atoms with E-state index in [9.17, 15) is 13.2 Å². The summed E-state index contributed by atoms with van der Waals surface area (Å²) in [5, 5.41) is 0. The number of ether oxygens (including phenoxy) is 1. The zero-order valence-electron chi connectivity index (χ0n) is 12.4. The van der Waals surface area contributed by atoms with Crippen molar-refractivity contribution in [1.82, 2.24) is 18.8 Å². The van der Waals surface area contributed by atoms with Crippen LogP contribution in [-0.2, 0) is 26.1 Å². The van der Waals surface area contributed by atoms with Crippen LogP contribution in [0.4, 0.5) is 0 Å². The molecular formula is C12H20N4O4S. The number of imidazole rings is 1. The fourth-order valence-corrected chi connectivity index (χ4v) is 2.96. The number of hydrogen-bond donors (Lipinski definition) is 0. The normalized spacial score (nSPS) is 19.3. The Labute approximate surface area is 124 Å². The standard InChI is InChI=1S/C12H20N4O4S/c1-14(2)12(17)8-20-7-11-6-15(21(3,18)19)5-10-4-13-9-16(10)11/h4,9,11H,5-8H2,1-3H3/t11-/m1/s1. The third kappa shape index (κ3) is 3.80. The summed E-state index contributed by atoms with van der Waals surface area (Å²) in [5.41, 5.74) is 0.819. The number of sulfonamides is 1. The van der Waals surface area contributed by atoms with Crippen LogP contribution in [0.15, 0.2) is 12.5 Å². The third-order valence-electron chi connectivity index (χ3n) is 3.40. The van der Waals surface area contributed by atoms with Gasteiger partial charge in [0, 0.05) is 26.8 Å². The van der Waals surface area contributed by atoms with E-state index in [2.05, 4.69) is 4.98 Å². The molecule has 1 aromatic heterocycles. The van der Waals surface area contributed by atoms with E-state index >= 15 is 0 Å². The lowest BCUT2D eigenvalue weighted by molar-refractivity contribution is -0.134. The molecule has 0 N–H and O–H groups in total. The van der Waals surface area contributed by atoms with Crippen LogP contribution in [0.5, 0.6) is 0 Å². The Morgan fingerprint density at radius 2 is 2.24 bits per heavy atom. The summed E-state index contributed by atoms with van der Waals surface area (Å²) in [6.07, 6.45) is 4.50. The molecule has 0 saturated heterocycles. The van der Waals surface area contributed by atoms with Crippen LogP contribution in [0.2, 0.25) is 0 Å². The first-order chi connectivity index (χ1) is 9.79. The van der Waals surface area contributed by atoms with Gasteiger partial charge in [-0.05, 0) is 0 Å². The third-order valence-corrected chi connectivity index (χ3v) is 4.61. The SMILES string of the molecule is CN(C)C(=O)COC[C@H]1CN(S(C)(=O)=O)Cc2cncn21. The minimum Gasteiger partial charge on any atom is -0.369 e. The van der Waals surface area contributed by atoms with Crippen molar-refractivity contribution in [1.29, 1.82) is 0 Å². The van der Waals surface area contributed by atoms with Crippen molar-refractivity contribution in [2.45, 2.75) is 12.6 Å². The van der Waals surface area contributed by atoms with Crippen LogP contribution in [0.25, 0.3) is 0 Å². The molecule has 2 heterocycles. The lowest BCUT2D eigenvalue weighted by Gasteiger charge is -2.32. The highest BCUT2D eigenvalue weighted by Gasteiger charge is 2.30. The predicted octanol–water partition coefficient (Wildman–Crippen LogP) is -0.696. The number of amides is 1. The smallest absolute Gasteiger partial charge is 0.248 e. The lowest BCUT2D eigenvalue weighted by atomic mass is 10.2. The molecule has 9 heteroatoms. The Kier molecular flexibility index (Phi) is 4.64. The van der Waals surface area contributed by atoms with Crippen molar-refractivity contribution in [3.63, 3.8) is 0 Å². The maximum Gasteiger partial charge on any atom is 0.248 e. The van der Waals surface area contributed by atoms with E-state index in [0.717, 1.165) is 5.69 Å². The molecule has 2 rings (SSSR count). The first kappa shape index (κ1) is 15.9. The summed E-state index contributed by atoms with van der Waals surface area (Å²) in [7, 11) is 0.0441. The van der Waals surface area contributed by atoms with Gasteiger partial charge >= 0.3 is 0 Å². The molecule has 1 amide bonds. The summed E-state index contributed by atoms with van der Waals surface area (Å²) in [6, 6.07) is -0.180. The number of hydrogen-bond acceptors (Lipinski definition) is 5. The Balaban J connectivity index is 2.03. The Morgan fingerprint density at radius 3 is 2.86 bits per heavy atom. The molecule has 0 bridgehead atoms. The fourth-order valence-electron chi connectivity index (χ4n) is 2.15. The van der Waals surface area contributed by atoms with E-state index in [0.29, 0.717) is 13.1 Å². The maximum absolute atomic E-state index is 11.7. The van der Waals surface area contributed by atoms with Gasteiger partial charge in [0.15, 0.2) is 0 Å². The second-order valence-electron chi connectivity index (χ2n) is 5.30. The predicted molar refractivity (Wildman–Crippen MR) is 76.0 cm³/mol. The average Bonchev–Trinajstić information content (AvgIpc) is 2.85. The molecule has 1 aliphatic rings. The van der Waals surface area contributed by atoms with Crippen molar-refractivity contribution in [3.05, 3.63) is 18.2 Å². The topological polar surface area (TPSA) is 84.7 Å². The largest absolute Gasteiger partial charge is 0.369 e. The van der Waals surface area contributed by atoms with Crippen molar-refractivity contribution in [3.8, 4) is 0 Å².